The Morgan fingerprint density at radius 2 is 2.13 bits per heavy atom. The standard InChI is InChI=1S/C12H15NO2/c1-4-11(15-5-2)8-6-10(3)7-9-12(13)14/h4,6,8H,1,5H2,2-3H3,(H2,13,14)/b10-6+,11-8+. The molecule has 0 saturated heterocycles. The van der Waals surface area contributed by atoms with Crippen LogP contribution in [0.1, 0.15) is 13.8 Å². The average Bonchev–Trinajstić information content (AvgIpc) is 2.21. The minimum atomic E-state index is -0.638. The monoisotopic (exact) mass is 205 g/mol. The van der Waals surface area contributed by atoms with Gasteiger partial charge in [0.05, 0.1) is 6.61 Å². The van der Waals surface area contributed by atoms with Crippen molar-refractivity contribution in [1.29, 1.82) is 0 Å². The molecular formula is C12H15NO2. The molecule has 0 saturated carbocycles. The zero-order chi connectivity index (χ0) is 11.7. The van der Waals surface area contributed by atoms with Crippen LogP contribution in [0.15, 0.2) is 36.1 Å². The highest BCUT2D eigenvalue weighted by atomic mass is 16.5. The molecule has 3 heteroatoms. The van der Waals surface area contributed by atoms with Crippen molar-refractivity contribution in [3.8, 4) is 11.8 Å². The third-order valence-electron chi connectivity index (χ3n) is 1.39. The molecule has 0 bridgehead atoms. The molecule has 1 amide bonds. The van der Waals surface area contributed by atoms with Gasteiger partial charge in [0.25, 0.3) is 5.91 Å². The van der Waals surface area contributed by atoms with Crippen molar-refractivity contribution in [2.75, 3.05) is 6.61 Å². The third kappa shape index (κ3) is 7.15. The zero-order valence-electron chi connectivity index (χ0n) is 9.04. The summed E-state index contributed by atoms with van der Waals surface area (Å²) in [6.45, 7) is 7.85. The molecule has 0 radical (unpaired) electrons. The van der Waals surface area contributed by atoms with Gasteiger partial charge in [-0.15, -0.1) is 0 Å². The van der Waals surface area contributed by atoms with Crippen LogP contribution in [0.2, 0.25) is 0 Å². The second kappa shape index (κ2) is 7.45. The van der Waals surface area contributed by atoms with E-state index in [9.17, 15) is 4.79 Å². The summed E-state index contributed by atoms with van der Waals surface area (Å²) in [5.41, 5.74) is 5.60. The van der Waals surface area contributed by atoms with Crippen LogP contribution in [0.5, 0.6) is 0 Å². The first-order valence-corrected chi connectivity index (χ1v) is 4.55. The van der Waals surface area contributed by atoms with Crippen molar-refractivity contribution in [1.82, 2.24) is 0 Å². The number of amides is 1. The van der Waals surface area contributed by atoms with E-state index < -0.39 is 5.91 Å². The molecule has 15 heavy (non-hydrogen) atoms. The Morgan fingerprint density at radius 1 is 1.47 bits per heavy atom. The minimum Gasteiger partial charge on any atom is -0.494 e. The quantitative estimate of drug-likeness (QED) is 0.430. The highest BCUT2D eigenvalue weighted by Gasteiger charge is 1.87. The maximum absolute atomic E-state index is 10.4. The van der Waals surface area contributed by atoms with Crippen molar-refractivity contribution in [3.63, 3.8) is 0 Å². The summed E-state index contributed by atoms with van der Waals surface area (Å²) in [5.74, 6) is 4.88. The molecule has 2 N–H and O–H groups in total. The topological polar surface area (TPSA) is 52.3 Å². The van der Waals surface area contributed by atoms with Gasteiger partial charge in [0.2, 0.25) is 0 Å². The normalized spacial score (nSPS) is 11.3. The number of hydrogen-bond donors (Lipinski definition) is 1. The third-order valence-corrected chi connectivity index (χ3v) is 1.39. The van der Waals surface area contributed by atoms with Crippen LogP contribution in [0.25, 0.3) is 0 Å². The number of primary amides is 1. The lowest BCUT2D eigenvalue weighted by Crippen LogP contribution is -2.06. The first-order chi connectivity index (χ1) is 7.10. The lowest BCUT2D eigenvalue weighted by molar-refractivity contribution is -0.112. The lowest BCUT2D eigenvalue weighted by atomic mass is 10.2. The summed E-state index contributed by atoms with van der Waals surface area (Å²) in [6, 6.07) is 0. The number of nitrogens with two attached hydrogens (primary N) is 1. The lowest BCUT2D eigenvalue weighted by Gasteiger charge is -2.00. The molecule has 3 nitrogen and oxygen atoms in total. The number of carbonyl (C=O) groups is 1. The molecule has 0 rings (SSSR count). The van der Waals surface area contributed by atoms with Gasteiger partial charge in [-0.2, -0.15) is 0 Å². The largest absolute Gasteiger partial charge is 0.494 e. The van der Waals surface area contributed by atoms with Crippen molar-refractivity contribution in [3.05, 3.63) is 36.1 Å². The van der Waals surface area contributed by atoms with Gasteiger partial charge in [0.15, 0.2) is 0 Å². The fraction of sp³-hybridized carbons (Fsp3) is 0.250. The Bertz CT molecular complexity index is 354. The predicted octanol–water partition coefficient (Wildman–Crippen LogP) is 1.53. The van der Waals surface area contributed by atoms with Gasteiger partial charge in [-0.1, -0.05) is 12.5 Å². The van der Waals surface area contributed by atoms with Crippen molar-refractivity contribution < 1.29 is 9.53 Å². The van der Waals surface area contributed by atoms with Gasteiger partial charge in [0.1, 0.15) is 5.76 Å². The Morgan fingerprint density at radius 3 is 2.60 bits per heavy atom. The van der Waals surface area contributed by atoms with Crippen molar-refractivity contribution >= 4 is 5.91 Å². The summed E-state index contributed by atoms with van der Waals surface area (Å²) in [6.07, 6.45) is 5.08. The molecule has 0 unspecified atom stereocenters. The fourth-order valence-electron chi connectivity index (χ4n) is 0.751. The van der Waals surface area contributed by atoms with Crippen LogP contribution < -0.4 is 5.73 Å². The van der Waals surface area contributed by atoms with E-state index in [1.54, 1.807) is 25.2 Å². The van der Waals surface area contributed by atoms with Gasteiger partial charge in [-0.3, -0.25) is 4.79 Å². The highest BCUT2D eigenvalue weighted by Crippen LogP contribution is 2.00. The Balaban J connectivity index is 4.56. The molecule has 80 valence electrons. The van der Waals surface area contributed by atoms with Crippen LogP contribution in [0.4, 0.5) is 0 Å². The molecule has 0 fully saturated rings. The van der Waals surface area contributed by atoms with Crippen molar-refractivity contribution in [2.24, 2.45) is 5.73 Å². The SMILES string of the molecule is C=C/C(=C\C=C(/C)C#CC(N)=O)OCC. The molecule has 0 aliphatic rings. The fourth-order valence-corrected chi connectivity index (χ4v) is 0.751. The maximum atomic E-state index is 10.4. The summed E-state index contributed by atoms with van der Waals surface area (Å²) >= 11 is 0. The highest BCUT2D eigenvalue weighted by molar-refractivity contribution is 5.92. The average molecular weight is 205 g/mol. The van der Waals surface area contributed by atoms with Gasteiger partial charge in [-0.25, -0.2) is 0 Å². The van der Waals surface area contributed by atoms with Crippen LogP contribution in [-0.2, 0) is 9.53 Å². The second-order valence-corrected chi connectivity index (χ2v) is 2.67. The van der Waals surface area contributed by atoms with E-state index in [0.29, 0.717) is 12.4 Å². The van der Waals surface area contributed by atoms with Gasteiger partial charge in [-0.05, 0) is 43.6 Å². The van der Waals surface area contributed by atoms with E-state index in [1.807, 2.05) is 6.92 Å². The van der Waals surface area contributed by atoms with Crippen LogP contribution >= 0.6 is 0 Å². The number of rotatable bonds is 4. The second-order valence-electron chi connectivity index (χ2n) is 2.67. The molecule has 0 aromatic carbocycles. The Labute approximate surface area is 90.3 Å². The molecule has 0 aromatic heterocycles. The molecule has 0 heterocycles. The zero-order valence-corrected chi connectivity index (χ0v) is 9.04. The maximum Gasteiger partial charge on any atom is 0.293 e. The van der Waals surface area contributed by atoms with Gasteiger partial charge >= 0.3 is 0 Å². The van der Waals surface area contributed by atoms with Crippen LogP contribution in [-0.4, -0.2) is 12.5 Å². The number of hydrogen-bond acceptors (Lipinski definition) is 2. The number of ether oxygens (including phenoxy) is 1. The van der Waals surface area contributed by atoms with E-state index in [4.69, 9.17) is 10.5 Å². The molecule has 0 aliphatic carbocycles. The van der Waals surface area contributed by atoms with E-state index in [-0.39, 0.29) is 0 Å². The van der Waals surface area contributed by atoms with E-state index in [0.717, 1.165) is 5.57 Å². The van der Waals surface area contributed by atoms with Crippen LogP contribution in [0.3, 0.4) is 0 Å². The summed E-state index contributed by atoms with van der Waals surface area (Å²) < 4.78 is 5.23. The van der Waals surface area contributed by atoms with E-state index in [2.05, 4.69) is 18.4 Å². The minimum absolute atomic E-state index is 0.581. The van der Waals surface area contributed by atoms with E-state index in [1.165, 1.54) is 0 Å². The van der Waals surface area contributed by atoms with Gasteiger partial charge < -0.3 is 10.5 Å². The first-order valence-electron chi connectivity index (χ1n) is 4.55. The number of carbonyl (C=O) groups excluding carboxylic acids is 1. The van der Waals surface area contributed by atoms with Gasteiger partial charge in [0, 0.05) is 0 Å². The molecular weight excluding hydrogens is 190 g/mol. The molecule has 0 atom stereocenters. The van der Waals surface area contributed by atoms with Crippen molar-refractivity contribution in [2.45, 2.75) is 13.8 Å². The summed E-state index contributed by atoms with van der Waals surface area (Å²) in [7, 11) is 0. The summed E-state index contributed by atoms with van der Waals surface area (Å²) in [4.78, 5) is 10.4. The molecule has 0 aliphatic heterocycles. The molecule has 0 aromatic rings. The van der Waals surface area contributed by atoms with Crippen LogP contribution in [0, 0.1) is 11.8 Å². The first kappa shape index (κ1) is 13.1. The Kier molecular flexibility index (Phi) is 6.48. The Hall–Kier alpha value is -1.95. The predicted molar refractivity (Wildman–Crippen MR) is 60.6 cm³/mol. The van der Waals surface area contributed by atoms with E-state index >= 15 is 0 Å². The molecule has 0 spiro atoms. The smallest absolute Gasteiger partial charge is 0.293 e. The summed E-state index contributed by atoms with van der Waals surface area (Å²) in [5, 5.41) is 0. The number of allylic oxidation sites excluding steroid dienone is 4.